The first-order valence-electron chi connectivity index (χ1n) is 6.58. The maximum Gasteiger partial charge on any atom is 0.319 e. The van der Waals surface area contributed by atoms with E-state index in [0.29, 0.717) is 12.5 Å². The third-order valence-corrected chi connectivity index (χ3v) is 5.00. The van der Waals surface area contributed by atoms with Gasteiger partial charge in [0.05, 0.1) is 0 Å². The van der Waals surface area contributed by atoms with E-state index in [0.717, 1.165) is 6.42 Å². The van der Waals surface area contributed by atoms with Crippen LogP contribution in [0.25, 0.3) is 0 Å². The van der Waals surface area contributed by atoms with E-state index in [9.17, 15) is 13.8 Å². The molecule has 2 N–H and O–H groups in total. The second kappa shape index (κ2) is 8.30. The van der Waals surface area contributed by atoms with Crippen molar-refractivity contribution >= 4 is 22.7 Å². The smallest absolute Gasteiger partial charge is 0.319 e. The van der Waals surface area contributed by atoms with Crippen molar-refractivity contribution in [3.63, 3.8) is 0 Å². The van der Waals surface area contributed by atoms with E-state index in [1.807, 2.05) is 13.8 Å². The van der Waals surface area contributed by atoms with Crippen LogP contribution in [0.1, 0.15) is 41.0 Å². The molecule has 0 heterocycles. The lowest BCUT2D eigenvalue weighted by Crippen LogP contribution is -2.43. The van der Waals surface area contributed by atoms with Crippen LogP contribution in [0.15, 0.2) is 0 Å². The Hall–Kier alpha value is -0.910. The average molecular weight is 291 g/mol. The van der Waals surface area contributed by atoms with E-state index in [4.69, 9.17) is 5.11 Å². The van der Waals surface area contributed by atoms with Gasteiger partial charge in [0.1, 0.15) is 10.5 Å². The molecule has 3 unspecified atom stereocenters. The predicted molar refractivity (Wildman–Crippen MR) is 76.3 cm³/mol. The lowest BCUT2D eigenvalue weighted by Gasteiger charge is -2.20. The summed E-state index contributed by atoms with van der Waals surface area (Å²) < 4.78 is 12.1. The van der Waals surface area contributed by atoms with Crippen molar-refractivity contribution in [2.75, 3.05) is 6.54 Å². The molecule has 0 fully saturated rings. The first-order chi connectivity index (χ1) is 8.68. The van der Waals surface area contributed by atoms with Crippen molar-refractivity contribution < 1.29 is 18.9 Å². The molecule has 0 aliphatic rings. The van der Waals surface area contributed by atoms with Crippen LogP contribution in [0.5, 0.6) is 0 Å². The maximum absolute atomic E-state index is 12.1. The predicted octanol–water partition coefficient (Wildman–Crippen LogP) is 1.40. The quantitative estimate of drug-likeness (QED) is 0.708. The summed E-state index contributed by atoms with van der Waals surface area (Å²) in [6, 6.07) is 0. The Balaban J connectivity index is 4.53. The number of hydrogen-bond acceptors (Lipinski definition) is 3. The van der Waals surface area contributed by atoms with Crippen LogP contribution in [-0.2, 0) is 20.4 Å². The van der Waals surface area contributed by atoms with Gasteiger partial charge in [-0.3, -0.25) is 13.8 Å². The van der Waals surface area contributed by atoms with Gasteiger partial charge in [0.25, 0.3) is 0 Å². The zero-order valence-corrected chi connectivity index (χ0v) is 13.1. The van der Waals surface area contributed by atoms with Gasteiger partial charge in [-0.15, -0.1) is 0 Å². The van der Waals surface area contributed by atoms with Gasteiger partial charge >= 0.3 is 5.97 Å². The van der Waals surface area contributed by atoms with Crippen molar-refractivity contribution in [1.82, 2.24) is 5.32 Å². The van der Waals surface area contributed by atoms with E-state index in [1.165, 1.54) is 6.92 Å². The molecule has 0 spiro atoms. The SMILES string of the molecule is CC(C)CCNC(=O)C(C)S(=O)C(C(=O)O)C(C)C. The summed E-state index contributed by atoms with van der Waals surface area (Å²) in [6.45, 7) is 9.52. The molecule has 5 nitrogen and oxygen atoms in total. The Morgan fingerprint density at radius 2 is 1.68 bits per heavy atom. The molecule has 19 heavy (non-hydrogen) atoms. The molecule has 0 aliphatic carbocycles. The van der Waals surface area contributed by atoms with Gasteiger partial charge in [0.2, 0.25) is 5.91 Å². The minimum Gasteiger partial charge on any atom is -0.480 e. The molecule has 0 rings (SSSR count). The van der Waals surface area contributed by atoms with Crippen LogP contribution in [0.3, 0.4) is 0 Å². The number of rotatable bonds is 8. The number of carbonyl (C=O) groups excluding carboxylic acids is 1. The van der Waals surface area contributed by atoms with E-state index in [-0.39, 0.29) is 11.8 Å². The number of carboxylic acid groups (broad SMARTS) is 1. The minimum atomic E-state index is -1.72. The van der Waals surface area contributed by atoms with E-state index in [2.05, 4.69) is 5.32 Å². The second-order valence-electron chi connectivity index (χ2n) is 5.45. The molecule has 0 saturated heterocycles. The maximum atomic E-state index is 12.1. The number of amides is 1. The number of aliphatic carboxylic acids is 1. The van der Waals surface area contributed by atoms with Gasteiger partial charge < -0.3 is 10.4 Å². The van der Waals surface area contributed by atoms with Gasteiger partial charge in [-0.05, 0) is 25.2 Å². The normalized spacial score (nSPS) is 16.2. The fourth-order valence-corrected chi connectivity index (χ4v) is 3.08. The van der Waals surface area contributed by atoms with Gasteiger partial charge in [0.15, 0.2) is 0 Å². The molecule has 0 radical (unpaired) electrons. The number of carbonyl (C=O) groups is 2. The van der Waals surface area contributed by atoms with Gasteiger partial charge in [-0.1, -0.05) is 27.7 Å². The van der Waals surface area contributed by atoms with Crippen LogP contribution in [0.4, 0.5) is 0 Å². The second-order valence-corrected chi connectivity index (χ2v) is 7.32. The summed E-state index contributed by atoms with van der Waals surface area (Å²) in [5.74, 6) is -1.26. The van der Waals surface area contributed by atoms with Crippen molar-refractivity contribution in [2.24, 2.45) is 11.8 Å². The Morgan fingerprint density at radius 3 is 2.05 bits per heavy atom. The number of hydrogen-bond donors (Lipinski definition) is 2. The Kier molecular flexibility index (Phi) is 7.90. The van der Waals surface area contributed by atoms with E-state index < -0.39 is 27.3 Å². The van der Waals surface area contributed by atoms with Crippen LogP contribution >= 0.6 is 0 Å². The monoisotopic (exact) mass is 291 g/mol. The first kappa shape index (κ1) is 18.1. The molecule has 0 aliphatic heterocycles. The van der Waals surface area contributed by atoms with Crippen LogP contribution in [0, 0.1) is 11.8 Å². The van der Waals surface area contributed by atoms with Crippen LogP contribution in [0.2, 0.25) is 0 Å². The molecule has 0 aromatic carbocycles. The Bertz CT molecular complexity index is 342. The topological polar surface area (TPSA) is 83.5 Å². The molecule has 1 amide bonds. The standard InChI is InChI=1S/C13H25NO4S/c1-8(2)6-7-14-12(15)10(5)19(18)11(9(3)4)13(16)17/h8-11H,6-7H2,1-5H3,(H,14,15)(H,16,17). The fraction of sp³-hybridized carbons (Fsp3) is 0.846. The zero-order chi connectivity index (χ0) is 15.2. The van der Waals surface area contributed by atoms with Crippen LogP contribution in [-0.4, -0.2) is 38.2 Å². The third-order valence-electron chi connectivity index (χ3n) is 2.84. The fourth-order valence-electron chi connectivity index (χ4n) is 1.61. The summed E-state index contributed by atoms with van der Waals surface area (Å²) >= 11 is 0. The molecular formula is C13H25NO4S. The van der Waals surface area contributed by atoms with Crippen molar-refractivity contribution in [1.29, 1.82) is 0 Å². The summed E-state index contributed by atoms with van der Waals surface area (Å²) in [7, 11) is -1.72. The summed E-state index contributed by atoms with van der Waals surface area (Å²) in [5.41, 5.74) is 0. The zero-order valence-electron chi connectivity index (χ0n) is 12.3. The first-order valence-corrected chi connectivity index (χ1v) is 7.86. The lowest BCUT2D eigenvalue weighted by molar-refractivity contribution is -0.137. The van der Waals surface area contributed by atoms with Gasteiger partial charge in [-0.25, -0.2) is 0 Å². The molecule has 0 saturated carbocycles. The number of nitrogens with one attached hydrogen (secondary N) is 1. The molecule has 112 valence electrons. The van der Waals surface area contributed by atoms with Gasteiger partial charge in [-0.2, -0.15) is 0 Å². The van der Waals surface area contributed by atoms with Crippen molar-refractivity contribution in [2.45, 2.75) is 51.5 Å². The van der Waals surface area contributed by atoms with Crippen molar-refractivity contribution in [3.05, 3.63) is 0 Å². The largest absolute Gasteiger partial charge is 0.480 e. The Labute approximate surface area is 117 Å². The summed E-state index contributed by atoms with van der Waals surface area (Å²) in [6.07, 6.45) is 0.845. The summed E-state index contributed by atoms with van der Waals surface area (Å²) in [5, 5.41) is 9.95. The minimum absolute atomic E-state index is 0.274. The molecule has 0 aromatic heterocycles. The molecule has 6 heteroatoms. The number of carboxylic acids is 1. The highest BCUT2D eigenvalue weighted by Crippen LogP contribution is 2.14. The highest BCUT2D eigenvalue weighted by atomic mass is 32.2. The molecule has 0 bridgehead atoms. The molecule has 0 aromatic rings. The highest BCUT2D eigenvalue weighted by Gasteiger charge is 2.34. The van der Waals surface area contributed by atoms with E-state index >= 15 is 0 Å². The average Bonchev–Trinajstić information content (AvgIpc) is 2.26. The molecule has 3 atom stereocenters. The Morgan fingerprint density at radius 1 is 1.16 bits per heavy atom. The lowest BCUT2D eigenvalue weighted by atomic mass is 10.1. The van der Waals surface area contributed by atoms with Crippen LogP contribution < -0.4 is 5.32 Å². The van der Waals surface area contributed by atoms with Crippen molar-refractivity contribution in [3.8, 4) is 0 Å². The molecular weight excluding hydrogens is 266 g/mol. The third kappa shape index (κ3) is 6.18. The highest BCUT2D eigenvalue weighted by molar-refractivity contribution is 7.87. The summed E-state index contributed by atoms with van der Waals surface area (Å²) in [4.78, 5) is 22.9. The van der Waals surface area contributed by atoms with E-state index in [1.54, 1.807) is 13.8 Å². The van der Waals surface area contributed by atoms with Gasteiger partial charge in [0, 0.05) is 17.3 Å².